The Bertz CT molecular complexity index is 983. The molecule has 0 spiro atoms. The van der Waals surface area contributed by atoms with Gasteiger partial charge in [-0.3, -0.25) is 9.59 Å². The molecule has 3 N–H and O–H groups in total. The van der Waals surface area contributed by atoms with Crippen LogP contribution in [0.2, 0.25) is 0 Å². The Morgan fingerprint density at radius 3 is 2.16 bits per heavy atom. The molecular formula is C25H28N2O5. The second-order valence-electron chi connectivity index (χ2n) is 8.74. The molecule has 0 unspecified atom stereocenters. The van der Waals surface area contributed by atoms with Gasteiger partial charge in [-0.1, -0.05) is 61.4 Å². The van der Waals surface area contributed by atoms with Gasteiger partial charge in [0, 0.05) is 5.92 Å². The number of hydrogen-bond acceptors (Lipinski definition) is 4. The molecule has 4 rings (SSSR count). The van der Waals surface area contributed by atoms with E-state index in [0.29, 0.717) is 12.8 Å². The number of carboxylic acid groups (broad SMARTS) is 1. The minimum absolute atomic E-state index is 0.0605. The number of rotatable bonds is 7. The molecule has 32 heavy (non-hydrogen) atoms. The van der Waals surface area contributed by atoms with E-state index >= 15 is 0 Å². The van der Waals surface area contributed by atoms with Crippen molar-refractivity contribution in [3.8, 4) is 11.1 Å². The van der Waals surface area contributed by atoms with Crippen LogP contribution in [0.15, 0.2) is 48.5 Å². The zero-order chi connectivity index (χ0) is 22.7. The van der Waals surface area contributed by atoms with Gasteiger partial charge in [0.05, 0.1) is 12.0 Å². The van der Waals surface area contributed by atoms with E-state index < -0.39 is 29.6 Å². The molecule has 0 aromatic heterocycles. The molecule has 1 atom stereocenters. The fraction of sp³-hybridized carbons (Fsp3) is 0.400. The molecule has 0 heterocycles. The van der Waals surface area contributed by atoms with Crippen LogP contribution in [-0.4, -0.2) is 41.3 Å². The third-order valence-electron chi connectivity index (χ3n) is 6.51. The number of amides is 2. The van der Waals surface area contributed by atoms with Crippen LogP contribution in [0.25, 0.3) is 11.1 Å². The highest BCUT2D eigenvalue weighted by atomic mass is 16.5. The van der Waals surface area contributed by atoms with Gasteiger partial charge in [-0.2, -0.15) is 0 Å². The number of fused-ring (bicyclic) bond motifs is 3. The van der Waals surface area contributed by atoms with Crippen molar-refractivity contribution < 1.29 is 24.2 Å². The highest BCUT2D eigenvalue weighted by molar-refractivity contribution is 5.86. The van der Waals surface area contributed by atoms with Crippen molar-refractivity contribution in [2.24, 2.45) is 0 Å². The number of hydrogen-bond donors (Lipinski definition) is 3. The molecule has 0 saturated heterocycles. The first kappa shape index (κ1) is 21.9. The zero-order valence-corrected chi connectivity index (χ0v) is 18.1. The second kappa shape index (κ2) is 9.02. The predicted molar refractivity (Wildman–Crippen MR) is 119 cm³/mol. The average molecular weight is 437 g/mol. The summed E-state index contributed by atoms with van der Waals surface area (Å²) in [5, 5.41) is 14.6. The van der Waals surface area contributed by atoms with Gasteiger partial charge in [0.1, 0.15) is 12.6 Å². The van der Waals surface area contributed by atoms with Gasteiger partial charge in [0.15, 0.2) is 0 Å². The summed E-state index contributed by atoms with van der Waals surface area (Å²) in [6.07, 6.45) is 2.22. The summed E-state index contributed by atoms with van der Waals surface area (Å²) in [6, 6.07) is 15.3. The Hall–Kier alpha value is -3.35. The van der Waals surface area contributed by atoms with Crippen LogP contribution in [-0.2, 0) is 14.3 Å². The minimum atomic E-state index is -0.940. The van der Waals surface area contributed by atoms with Crippen LogP contribution in [0.4, 0.5) is 4.79 Å². The largest absolute Gasteiger partial charge is 0.481 e. The number of carbonyl (C=O) groups is 3. The van der Waals surface area contributed by atoms with Crippen LogP contribution in [0.3, 0.4) is 0 Å². The summed E-state index contributed by atoms with van der Waals surface area (Å²) >= 11 is 0. The van der Waals surface area contributed by atoms with Crippen LogP contribution in [0, 0.1) is 0 Å². The topological polar surface area (TPSA) is 105 Å². The smallest absolute Gasteiger partial charge is 0.407 e. The Kier molecular flexibility index (Phi) is 6.17. The van der Waals surface area contributed by atoms with Crippen LogP contribution in [0.1, 0.15) is 56.1 Å². The summed E-state index contributed by atoms with van der Waals surface area (Å²) in [7, 11) is 0. The number of benzene rings is 2. The SMILES string of the molecule is C[C@H](NC(=O)OCC1c2ccccc2-c2ccccc21)C(=O)NC1(CC(=O)O)CCCC1. The summed E-state index contributed by atoms with van der Waals surface area (Å²) in [6.45, 7) is 1.73. The first-order chi connectivity index (χ1) is 15.4. The van der Waals surface area contributed by atoms with E-state index in [2.05, 4.69) is 22.8 Å². The van der Waals surface area contributed by atoms with Crippen molar-refractivity contribution in [3.63, 3.8) is 0 Å². The van der Waals surface area contributed by atoms with Crippen LogP contribution >= 0.6 is 0 Å². The molecule has 2 aliphatic rings. The molecule has 0 aliphatic heterocycles. The Morgan fingerprint density at radius 1 is 1.03 bits per heavy atom. The first-order valence-corrected chi connectivity index (χ1v) is 11.0. The van der Waals surface area contributed by atoms with E-state index in [1.165, 1.54) is 0 Å². The number of carbonyl (C=O) groups excluding carboxylic acids is 2. The quantitative estimate of drug-likeness (QED) is 0.612. The number of ether oxygens (including phenoxy) is 1. The maximum atomic E-state index is 12.6. The molecule has 7 nitrogen and oxygen atoms in total. The summed E-state index contributed by atoms with van der Waals surface area (Å²) < 4.78 is 5.50. The fourth-order valence-electron chi connectivity index (χ4n) is 4.94. The maximum absolute atomic E-state index is 12.6. The van der Waals surface area contributed by atoms with Crippen molar-refractivity contribution in [2.45, 2.75) is 56.5 Å². The van der Waals surface area contributed by atoms with Crippen LogP contribution in [0.5, 0.6) is 0 Å². The number of carboxylic acids is 1. The highest BCUT2D eigenvalue weighted by Crippen LogP contribution is 2.44. The van der Waals surface area contributed by atoms with E-state index in [4.69, 9.17) is 4.74 Å². The van der Waals surface area contributed by atoms with Gasteiger partial charge in [0.2, 0.25) is 5.91 Å². The second-order valence-corrected chi connectivity index (χ2v) is 8.74. The molecule has 2 aromatic carbocycles. The van der Waals surface area contributed by atoms with Gasteiger partial charge in [-0.05, 0) is 42.0 Å². The van der Waals surface area contributed by atoms with E-state index in [0.717, 1.165) is 35.1 Å². The van der Waals surface area contributed by atoms with Crippen molar-refractivity contribution in [2.75, 3.05) is 6.61 Å². The van der Waals surface area contributed by atoms with Gasteiger partial charge in [0.25, 0.3) is 0 Å². The Labute approximate surface area is 187 Å². The maximum Gasteiger partial charge on any atom is 0.407 e. The third kappa shape index (κ3) is 4.47. The minimum Gasteiger partial charge on any atom is -0.481 e. The molecule has 2 amide bonds. The summed E-state index contributed by atoms with van der Waals surface area (Å²) in [4.78, 5) is 36.3. The molecule has 1 saturated carbocycles. The molecule has 168 valence electrons. The predicted octanol–water partition coefficient (Wildman–Crippen LogP) is 3.82. The molecule has 2 aromatic rings. The van der Waals surface area contributed by atoms with E-state index in [-0.39, 0.29) is 18.9 Å². The lowest BCUT2D eigenvalue weighted by atomic mass is 9.93. The highest BCUT2D eigenvalue weighted by Gasteiger charge is 2.38. The molecule has 0 bridgehead atoms. The van der Waals surface area contributed by atoms with Crippen molar-refractivity contribution in [1.82, 2.24) is 10.6 Å². The van der Waals surface area contributed by atoms with E-state index in [1.54, 1.807) is 6.92 Å². The van der Waals surface area contributed by atoms with Crippen molar-refractivity contribution >= 4 is 18.0 Å². The fourth-order valence-corrected chi connectivity index (χ4v) is 4.94. The van der Waals surface area contributed by atoms with Crippen LogP contribution < -0.4 is 10.6 Å². The number of nitrogens with one attached hydrogen (secondary N) is 2. The average Bonchev–Trinajstić information content (AvgIpc) is 3.34. The normalized spacial score (nSPS) is 17.2. The molecule has 1 fully saturated rings. The number of aliphatic carboxylic acids is 1. The molecule has 2 aliphatic carbocycles. The Balaban J connectivity index is 1.35. The lowest BCUT2D eigenvalue weighted by Crippen LogP contribution is -2.54. The monoisotopic (exact) mass is 436 g/mol. The molecule has 7 heteroatoms. The van der Waals surface area contributed by atoms with E-state index in [9.17, 15) is 19.5 Å². The lowest BCUT2D eigenvalue weighted by molar-refractivity contribution is -0.139. The third-order valence-corrected chi connectivity index (χ3v) is 6.51. The van der Waals surface area contributed by atoms with Gasteiger partial charge in [-0.15, -0.1) is 0 Å². The summed E-state index contributed by atoms with van der Waals surface area (Å²) in [5.74, 6) is -1.40. The zero-order valence-electron chi connectivity index (χ0n) is 18.1. The Morgan fingerprint density at radius 2 is 1.59 bits per heavy atom. The van der Waals surface area contributed by atoms with Gasteiger partial charge >= 0.3 is 12.1 Å². The van der Waals surface area contributed by atoms with Gasteiger partial charge in [-0.25, -0.2) is 4.79 Å². The standard InChI is InChI=1S/C25H28N2O5/c1-16(23(30)27-25(14-22(28)29)12-6-7-13-25)26-24(31)32-15-21-19-10-4-2-8-17(19)18-9-3-5-11-20(18)21/h2-5,8-11,16,21H,6-7,12-15H2,1H3,(H,26,31)(H,27,30)(H,28,29)/t16-/m0/s1. The lowest BCUT2D eigenvalue weighted by Gasteiger charge is -2.30. The van der Waals surface area contributed by atoms with Gasteiger partial charge < -0.3 is 20.5 Å². The first-order valence-electron chi connectivity index (χ1n) is 11.0. The van der Waals surface area contributed by atoms with E-state index in [1.807, 2.05) is 36.4 Å². The number of alkyl carbamates (subject to hydrolysis) is 1. The summed E-state index contributed by atoms with van der Waals surface area (Å²) in [5.41, 5.74) is 3.78. The van der Waals surface area contributed by atoms with Crippen molar-refractivity contribution in [3.05, 3.63) is 59.7 Å². The molecular weight excluding hydrogens is 408 g/mol. The molecule has 0 radical (unpaired) electrons. The van der Waals surface area contributed by atoms with Crippen molar-refractivity contribution in [1.29, 1.82) is 0 Å².